The third-order valence-electron chi connectivity index (χ3n) is 2.60. The molecule has 1 aromatic heterocycles. The zero-order chi connectivity index (χ0) is 13.9. The van der Waals surface area contributed by atoms with Gasteiger partial charge < -0.3 is 5.32 Å². The molecule has 100 valence electrons. The Labute approximate surface area is 112 Å². The van der Waals surface area contributed by atoms with Crippen molar-refractivity contribution in [3.8, 4) is 0 Å². The van der Waals surface area contributed by atoms with Crippen molar-refractivity contribution in [2.45, 2.75) is 18.4 Å². The molecule has 2 aromatic rings. The lowest BCUT2D eigenvalue weighted by Gasteiger charge is -2.07. The van der Waals surface area contributed by atoms with Gasteiger partial charge in [0.2, 0.25) is 10.0 Å². The van der Waals surface area contributed by atoms with Crippen molar-refractivity contribution < 1.29 is 8.42 Å². The smallest absolute Gasteiger partial charge is 0.238 e. The molecule has 3 N–H and O–H groups in total. The topological polar surface area (TPSA) is 85.1 Å². The highest BCUT2D eigenvalue weighted by Crippen LogP contribution is 2.13. The number of hydrogen-bond donors (Lipinski definition) is 2. The first-order valence-electron chi connectivity index (χ1n) is 5.74. The third-order valence-corrected chi connectivity index (χ3v) is 3.53. The molecule has 1 aromatic carbocycles. The van der Waals surface area contributed by atoms with Gasteiger partial charge in [-0.1, -0.05) is 6.07 Å². The number of anilines is 1. The molecule has 0 unspecified atom stereocenters. The van der Waals surface area contributed by atoms with Crippen LogP contribution in [0.15, 0.2) is 47.4 Å². The first-order valence-corrected chi connectivity index (χ1v) is 7.29. The van der Waals surface area contributed by atoms with E-state index in [1.54, 1.807) is 12.1 Å². The first kappa shape index (κ1) is 13.5. The van der Waals surface area contributed by atoms with Crippen molar-refractivity contribution in [2.24, 2.45) is 5.14 Å². The minimum atomic E-state index is -3.63. The summed E-state index contributed by atoms with van der Waals surface area (Å²) in [5, 5.41) is 8.20. The predicted octanol–water partition coefficient (Wildman–Crippen LogP) is 1.65. The lowest BCUT2D eigenvalue weighted by Crippen LogP contribution is -2.12. The van der Waals surface area contributed by atoms with Gasteiger partial charge in [0.25, 0.3) is 0 Å². The predicted molar refractivity (Wildman–Crippen MR) is 74.1 cm³/mol. The largest absolute Gasteiger partial charge is 0.379 e. The maximum absolute atomic E-state index is 11.1. The van der Waals surface area contributed by atoms with E-state index < -0.39 is 10.0 Å². The van der Waals surface area contributed by atoms with Crippen LogP contribution in [0.2, 0.25) is 0 Å². The maximum atomic E-state index is 11.1. The van der Waals surface area contributed by atoms with Crippen molar-refractivity contribution in [1.29, 1.82) is 0 Å². The summed E-state index contributed by atoms with van der Waals surface area (Å²) in [5.74, 6) is 0. The fraction of sp³-hybridized carbons (Fsp3) is 0.154. The van der Waals surface area contributed by atoms with Gasteiger partial charge >= 0.3 is 0 Å². The summed E-state index contributed by atoms with van der Waals surface area (Å²) in [6.07, 6.45) is 0. The number of hydrogen-bond acceptors (Lipinski definition) is 4. The Morgan fingerprint density at radius 3 is 2.42 bits per heavy atom. The highest BCUT2D eigenvalue weighted by molar-refractivity contribution is 7.89. The summed E-state index contributed by atoms with van der Waals surface area (Å²) < 4.78 is 22.2. The van der Waals surface area contributed by atoms with Gasteiger partial charge in [0.1, 0.15) is 0 Å². The summed E-state index contributed by atoms with van der Waals surface area (Å²) in [6, 6.07) is 12.1. The summed E-state index contributed by atoms with van der Waals surface area (Å²) in [4.78, 5) is 4.47. The van der Waals surface area contributed by atoms with Gasteiger partial charge in [-0.15, -0.1) is 0 Å². The lowest BCUT2D eigenvalue weighted by molar-refractivity contribution is 0.598. The first-order chi connectivity index (χ1) is 8.95. The quantitative estimate of drug-likeness (QED) is 0.889. The Kier molecular flexibility index (Phi) is 3.82. The third kappa shape index (κ3) is 3.77. The summed E-state index contributed by atoms with van der Waals surface area (Å²) in [6.45, 7) is 2.51. The Balaban J connectivity index is 2.05. The molecule has 0 saturated heterocycles. The van der Waals surface area contributed by atoms with Crippen LogP contribution in [0.1, 0.15) is 11.4 Å². The minimum Gasteiger partial charge on any atom is -0.379 e. The van der Waals surface area contributed by atoms with E-state index in [9.17, 15) is 8.42 Å². The number of nitrogens with one attached hydrogen (secondary N) is 1. The fourth-order valence-corrected chi connectivity index (χ4v) is 2.17. The van der Waals surface area contributed by atoms with Crippen molar-refractivity contribution in [3.05, 3.63) is 53.9 Å². The zero-order valence-corrected chi connectivity index (χ0v) is 11.3. The molecule has 0 saturated carbocycles. The Hall–Kier alpha value is -1.92. The van der Waals surface area contributed by atoms with Crippen LogP contribution in [-0.2, 0) is 16.6 Å². The van der Waals surface area contributed by atoms with Crippen LogP contribution in [0.3, 0.4) is 0 Å². The monoisotopic (exact) mass is 277 g/mol. The van der Waals surface area contributed by atoms with Gasteiger partial charge in [-0.05, 0) is 43.3 Å². The number of nitrogens with zero attached hydrogens (tertiary/aromatic N) is 1. The highest BCUT2D eigenvalue weighted by Gasteiger charge is 2.06. The Bertz CT molecular complexity index is 667. The van der Waals surface area contributed by atoms with Crippen molar-refractivity contribution >= 4 is 15.7 Å². The van der Waals surface area contributed by atoms with Gasteiger partial charge in [-0.3, -0.25) is 4.98 Å². The molecule has 0 aliphatic rings. The normalized spacial score (nSPS) is 11.3. The van der Waals surface area contributed by atoms with Crippen LogP contribution in [0.25, 0.3) is 0 Å². The fourth-order valence-electron chi connectivity index (χ4n) is 1.65. The summed E-state index contributed by atoms with van der Waals surface area (Å²) in [7, 11) is -3.63. The van der Waals surface area contributed by atoms with E-state index in [2.05, 4.69) is 10.3 Å². The number of rotatable bonds is 4. The molecule has 0 bridgehead atoms. The van der Waals surface area contributed by atoms with Crippen molar-refractivity contribution in [1.82, 2.24) is 4.98 Å². The molecule has 0 amide bonds. The second-order valence-electron chi connectivity index (χ2n) is 4.19. The van der Waals surface area contributed by atoms with E-state index in [1.165, 1.54) is 12.1 Å². The van der Waals surface area contributed by atoms with E-state index in [4.69, 9.17) is 5.14 Å². The van der Waals surface area contributed by atoms with E-state index in [1.807, 2.05) is 25.1 Å². The van der Waals surface area contributed by atoms with Crippen molar-refractivity contribution in [3.63, 3.8) is 0 Å². The van der Waals surface area contributed by atoms with Crippen molar-refractivity contribution in [2.75, 3.05) is 5.32 Å². The molecule has 5 nitrogen and oxygen atoms in total. The molecule has 1 heterocycles. The maximum Gasteiger partial charge on any atom is 0.238 e. The van der Waals surface area contributed by atoms with Gasteiger partial charge in [0.15, 0.2) is 0 Å². The average Bonchev–Trinajstić information content (AvgIpc) is 2.36. The van der Waals surface area contributed by atoms with Crippen LogP contribution >= 0.6 is 0 Å². The van der Waals surface area contributed by atoms with E-state index in [0.29, 0.717) is 6.54 Å². The number of nitrogens with two attached hydrogens (primary N) is 1. The number of sulfonamides is 1. The van der Waals surface area contributed by atoms with E-state index in [-0.39, 0.29) is 4.90 Å². The van der Waals surface area contributed by atoms with Crippen LogP contribution in [0.4, 0.5) is 5.69 Å². The lowest BCUT2D eigenvalue weighted by atomic mass is 10.3. The Morgan fingerprint density at radius 2 is 1.84 bits per heavy atom. The number of primary sulfonamides is 1. The van der Waals surface area contributed by atoms with Crippen LogP contribution in [-0.4, -0.2) is 13.4 Å². The SMILES string of the molecule is Cc1cccc(CNc2ccc(S(N)(=O)=O)cc2)n1. The number of aryl methyl sites for hydroxylation is 1. The van der Waals surface area contributed by atoms with Gasteiger partial charge in [0, 0.05) is 11.4 Å². The second-order valence-corrected chi connectivity index (χ2v) is 5.75. The molecular weight excluding hydrogens is 262 g/mol. The molecule has 19 heavy (non-hydrogen) atoms. The van der Waals surface area contributed by atoms with Gasteiger partial charge in [-0.25, -0.2) is 13.6 Å². The van der Waals surface area contributed by atoms with Crippen LogP contribution < -0.4 is 10.5 Å². The van der Waals surface area contributed by atoms with E-state index in [0.717, 1.165) is 17.1 Å². The molecule has 0 atom stereocenters. The molecule has 0 spiro atoms. The molecule has 0 radical (unpaired) electrons. The average molecular weight is 277 g/mol. The highest BCUT2D eigenvalue weighted by atomic mass is 32.2. The molecule has 2 rings (SSSR count). The van der Waals surface area contributed by atoms with Crippen LogP contribution in [0, 0.1) is 6.92 Å². The van der Waals surface area contributed by atoms with Gasteiger partial charge in [0.05, 0.1) is 17.1 Å². The number of benzene rings is 1. The van der Waals surface area contributed by atoms with Crippen LogP contribution in [0.5, 0.6) is 0 Å². The molecule has 0 aliphatic carbocycles. The second kappa shape index (κ2) is 5.38. The summed E-state index contributed by atoms with van der Waals surface area (Å²) >= 11 is 0. The standard InChI is InChI=1S/C13H15N3O2S/c1-10-3-2-4-12(16-10)9-15-11-5-7-13(8-6-11)19(14,17)18/h2-8,15H,9H2,1H3,(H2,14,17,18). The van der Waals surface area contributed by atoms with Gasteiger partial charge in [-0.2, -0.15) is 0 Å². The summed E-state index contributed by atoms with van der Waals surface area (Å²) in [5.41, 5.74) is 2.70. The molecule has 6 heteroatoms. The zero-order valence-electron chi connectivity index (χ0n) is 10.5. The minimum absolute atomic E-state index is 0.103. The molecule has 0 aliphatic heterocycles. The number of pyridine rings is 1. The molecule has 0 fully saturated rings. The number of aromatic nitrogens is 1. The Morgan fingerprint density at radius 1 is 1.16 bits per heavy atom. The van der Waals surface area contributed by atoms with E-state index >= 15 is 0 Å². The molecular formula is C13H15N3O2S.